The van der Waals surface area contributed by atoms with E-state index < -0.39 is 0 Å². The van der Waals surface area contributed by atoms with E-state index in [4.69, 9.17) is 9.26 Å². The molecule has 148 valence electrons. The third kappa shape index (κ3) is 4.30. The van der Waals surface area contributed by atoms with Gasteiger partial charge in [-0.25, -0.2) is 9.78 Å². The minimum absolute atomic E-state index is 0.110. The first-order chi connectivity index (χ1) is 13.7. The molecule has 4 rings (SSSR count). The lowest BCUT2D eigenvalue weighted by Gasteiger charge is -2.32. The van der Waals surface area contributed by atoms with Crippen LogP contribution >= 0.6 is 0 Å². The van der Waals surface area contributed by atoms with Crippen LogP contribution in [0.15, 0.2) is 28.8 Å². The van der Waals surface area contributed by atoms with Crippen molar-refractivity contribution in [1.82, 2.24) is 30.3 Å². The number of nitrogens with one attached hydrogen (secondary N) is 2. The molecule has 28 heavy (non-hydrogen) atoms. The van der Waals surface area contributed by atoms with Crippen LogP contribution in [0.25, 0.3) is 11.0 Å². The van der Waals surface area contributed by atoms with Gasteiger partial charge in [0, 0.05) is 26.6 Å². The third-order valence-corrected chi connectivity index (χ3v) is 4.90. The Balaban J connectivity index is 1.30. The van der Waals surface area contributed by atoms with Gasteiger partial charge in [0.2, 0.25) is 5.89 Å². The Bertz CT molecular complexity index is 904. The molecule has 9 heteroatoms. The number of imidazole rings is 1. The molecule has 0 spiro atoms. The van der Waals surface area contributed by atoms with Crippen LogP contribution in [0.1, 0.15) is 30.4 Å². The van der Waals surface area contributed by atoms with Gasteiger partial charge in [-0.3, -0.25) is 0 Å². The molecule has 2 amide bonds. The van der Waals surface area contributed by atoms with Crippen LogP contribution in [0.5, 0.6) is 0 Å². The lowest BCUT2D eigenvalue weighted by Crippen LogP contribution is -2.45. The summed E-state index contributed by atoms with van der Waals surface area (Å²) in [7, 11) is 1.57. The standard InChI is InChI=1S/C19H24N6O3/c1-27-12-17-23-18(28-24-17)10-20-19(26)25-8-4-5-13(11-25)9-16-21-14-6-2-3-7-15(14)22-16/h2-3,6-7,13H,4-5,8-12H2,1H3,(H,20,26)(H,21,22)/t13-/m1/s1. The van der Waals surface area contributed by atoms with Crippen molar-refractivity contribution in [2.75, 3.05) is 20.2 Å². The molecule has 1 aromatic carbocycles. The van der Waals surface area contributed by atoms with Crippen LogP contribution in [0.2, 0.25) is 0 Å². The predicted octanol–water partition coefficient (Wildman–Crippen LogP) is 2.26. The summed E-state index contributed by atoms with van der Waals surface area (Å²) >= 11 is 0. The summed E-state index contributed by atoms with van der Waals surface area (Å²) in [6.07, 6.45) is 2.91. The number of methoxy groups -OCH3 is 1. The van der Waals surface area contributed by atoms with Crippen molar-refractivity contribution in [3.05, 3.63) is 41.8 Å². The number of H-pyrrole nitrogens is 1. The van der Waals surface area contributed by atoms with E-state index in [2.05, 4.69) is 25.4 Å². The number of carbonyl (C=O) groups excluding carboxylic acids is 1. The lowest BCUT2D eigenvalue weighted by atomic mass is 9.95. The predicted molar refractivity (Wildman–Crippen MR) is 101 cm³/mol. The van der Waals surface area contributed by atoms with E-state index in [1.54, 1.807) is 7.11 Å². The van der Waals surface area contributed by atoms with E-state index in [1.165, 1.54) is 0 Å². The second-order valence-corrected chi connectivity index (χ2v) is 7.06. The minimum atomic E-state index is -0.110. The van der Waals surface area contributed by atoms with Gasteiger partial charge in [-0.2, -0.15) is 4.98 Å². The first-order valence-corrected chi connectivity index (χ1v) is 9.48. The molecule has 1 atom stereocenters. The van der Waals surface area contributed by atoms with Crippen LogP contribution in [0, 0.1) is 5.92 Å². The van der Waals surface area contributed by atoms with Crippen molar-refractivity contribution in [2.24, 2.45) is 5.92 Å². The first-order valence-electron chi connectivity index (χ1n) is 9.48. The average molecular weight is 384 g/mol. The number of para-hydroxylation sites is 2. The molecule has 1 fully saturated rings. The highest BCUT2D eigenvalue weighted by Gasteiger charge is 2.25. The molecule has 1 aliphatic heterocycles. The molecule has 3 aromatic rings. The SMILES string of the molecule is COCc1noc(CNC(=O)N2CCC[C@H](Cc3nc4ccccc4[nH]3)C2)n1. The number of aromatic nitrogens is 4. The fourth-order valence-electron chi connectivity index (χ4n) is 3.60. The van der Waals surface area contributed by atoms with Crippen molar-refractivity contribution in [2.45, 2.75) is 32.4 Å². The third-order valence-electron chi connectivity index (χ3n) is 4.90. The fraction of sp³-hybridized carbons (Fsp3) is 0.474. The van der Waals surface area contributed by atoms with E-state index in [-0.39, 0.29) is 19.2 Å². The highest BCUT2D eigenvalue weighted by atomic mass is 16.5. The quantitative estimate of drug-likeness (QED) is 0.675. The smallest absolute Gasteiger partial charge is 0.317 e. The molecule has 0 unspecified atom stereocenters. The van der Waals surface area contributed by atoms with E-state index in [0.29, 0.717) is 24.2 Å². The monoisotopic (exact) mass is 384 g/mol. The van der Waals surface area contributed by atoms with Crippen molar-refractivity contribution in [1.29, 1.82) is 0 Å². The van der Waals surface area contributed by atoms with Gasteiger partial charge >= 0.3 is 6.03 Å². The number of rotatable bonds is 6. The van der Waals surface area contributed by atoms with Crippen LogP contribution in [-0.4, -0.2) is 51.2 Å². The van der Waals surface area contributed by atoms with E-state index in [1.807, 2.05) is 29.2 Å². The molecule has 2 aromatic heterocycles. The molecular weight excluding hydrogens is 360 g/mol. The Kier molecular flexibility index (Phi) is 5.52. The number of hydrogen-bond donors (Lipinski definition) is 2. The van der Waals surface area contributed by atoms with Crippen molar-refractivity contribution < 1.29 is 14.1 Å². The van der Waals surface area contributed by atoms with Crippen LogP contribution in [-0.2, 0) is 24.3 Å². The number of benzene rings is 1. The number of ether oxygens (including phenoxy) is 1. The zero-order valence-corrected chi connectivity index (χ0v) is 15.9. The van der Waals surface area contributed by atoms with Crippen molar-refractivity contribution in [3.8, 4) is 0 Å². The van der Waals surface area contributed by atoms with E-state index >= 15 is 0 Å². The van der Waals surface area contributed by atoms with Crippen molar-refractivity contribution >= 4 is 17.1 Å². The van der Waals surface area contributed by atoms with Crippen LogP contribution < -0.4 is 5.32 Å². The largest absolute Gasteiger partial charge is 0.377 e. The summed E-state index contributed by atoms with van der Waals surface area (Å²) < 4.78 is 10.1. The molecule has 2 N–H and O–H groups in total. The number of urea groups is 1. The van der Waals surface area contributed by atoms with Gasteiger partial charge in [0.05, 0.1) is 17.6 Å². The molecule has 3 heterocycles. The maximum absolute atomic E-state index is 12.5. The Labute approximate surface area is 162 Å². The van der Waals surface area contributed by atoms with E-state index in [9.17, 15) is 4.79 Å². The van der Waals surface area contributed by atoms with Gasteiger partial charge in [-0.1, -0.05) is 17.3 Å². The summed E-state index contributed by atoms with van der Waals surface area (Å²) in [6.45, 7) is 1.95. The molecule has 0 aliphatic carbocycles. The summed E-state index contributed by atoms with van der Waals surface area (Å²) in [5.41, 5.74) is 2.03. The molecule has 1 aliphatic rings. The van der Waals surface area contributed by atoms with Gasteiger partial charge in [-0.05, 0) is 30.9 Å². The minimum Gasteiger partial charge on any atom is -0.377 e. The van der Waals surface area contributed by atoms with Gasteiger partial charge in [0.1, 0.15) is 12.4 Å². The zero-order chi connectivity index (χ0) is 19.3. The Morgan fingerprint density at radius 2 is 2.29 bits per heavy atom. The Morgan fingerprint density at radius 3 is 3.14 bits per heavy atom. The molecule has 1 saturated heterocycles. The number of hydrogen-bond acceptors (Lipinski definition) is 6. The maximum Gasteiger partial charge on any atom is 0.317 e. The van der Waals surface area contributed by atoms with Crippen LogP contribution in [0.3, 0.4) is 0 Å². The van der Waals surface area contributed by atoms with Gasteiger partial charge in [-0.15, -0.1) is 0 Å². The summed E-state index contributed by atoms with van der Waals surface area (Å²) in [6, 6.07) is 7.91. The molecular formula is C19H24N6O3. The van der Waals surface area contributed by atoms with Crippen molar-refractivity contribution in [3.63, 3.8) is 0 Å². The Hall–Kier alpha value is -2.94. The second-order valence-electron chi connectivity index (χ2n) is 7.06. The van der Waals surface area contributed by atoms with Gasteiger partial charge in [0.25, 0.3) is 0 Å². The number of piperidine rings is 1. The summed E-state index contributed by atoms with van der Waals surface area (Å²) in [4.78, 5) is 26.6. The number of carbonyl (C=O) groups is 1. The zero-order valence-electron chi connectivity index (χ0n) is 15.9. The van der Waals surface area contributed by atoms with Crippen LogP contribution in [0.4, 0.5) is 4.79 Å². The molecule has 0 saturated carbocycles. The normalized spacial score (nSPS) is 17.2. The summed E-state index contributed by atoms with van der Waals surface area (Å²) in [5, 5.41) is 6.64. The topological polar surface area (TPSA) is 109 Å². The first kappa shape index (κ1) is 18.4. The number of amides is 2. The maximum atomic E-state index is 12.5. The van der Waals surface area contributed by atoms with E-state index in [0.717, 1.165) is 42.7 Å². The fourth-order valence-corrected chi connectivity index (χ4v) is 3.60. The molecule has 9 nitrogen and oxygen atoms in total. The molecule has 0 bridgehead atoms. The second kappa shape index (κ2) is 8.39. The van der Waals surface area contributed by atoms with Gasteiger partial charge in [0.15, 0.2) is 5.82 Å². The number of likely N-dealkylation sites (tertiary alicyclic amines) is 1. The Morgan fingerprint density at radius 1 is 1.39 bits per heavy atom. The molecule has 0 radical (unpaired) electrons. The summed E-state index contributed by atoms with van der Waals surface area (Å²) in [5.74, 6) is 2.20. The number of nitrogens with zero attached hydrogens (tertiary/aromatic N) is 4. The van der Waals surface area contributed by atoms with Gasteiger partial charge < -0.3 is 24.5 Å². The highest BCUT2D eigenvalue weighted by Crippen LogP contribution is 2.21. The number of fused-ring (bicyclic) bond motifs is 1. The average Bonchev–Trinajstić information content (AvgIpc) is 3.32. The lowest BCUT2D eigenvalue weighted by molar-refractivity contribution is 0.163. The highest BCUT2D eigenvalue weighted by molar-refractivity contribution is 5.75. The number of aromatic amines is 1.